The number of hydrogen-bond acceptors (Lipinski definition) is 7. The van der Waals surface area contributed by atoms with E-state index in [4.69, 9.17) is 23.2 Å². The second-order valence-corrected chi connectivity index (χ2v) is 10.3. The van der Waals surface area contributed by atoms with Gasteiger partial charge in [0.15, 0.2) is 16.1 Å². The van der Waals surface area contributed by atoms with Crippen LogP contribution in [0.15, 0.2) is 63.7 Å². The van der Waals surface area contributed by atoms with E-state index in [1.54, 1.807) is 28.3 Å². The molecular weight excluding hydrogens is 583 g/mol. The Hall–Kier alpha value is -2.44. The molecule has 2 aromatic carbocycles. The zero-order chi connectivity index (χ0) is 24.1. The van der Waals surface area contributed by atoms with Crippen molar-refractivity contribution in [3.05, 3.63) is 79.9 Å². The minimum absolute atomic E-state index is 0.0800. The number of aromatic nitrogens is 4. The minimum Gasteiger partial charge on any atom is -0.345 e. The molecule has 0 radical (unpaired) electrons. The van der Waals surface area contributed by atoms with Crippen molar-refractivity contribution in [3.63, 3.8) is 0 Å². The molecule has 8 nitrogen and oxygen atoms in total. The number of thiazole rings is 1. The van der Waals surface area contributed by atoms with E-state index in [1.807, 2.05) is 24.3 Å². The first kappa shape index (κ1) is 24.7. The molecule has 0 aliphatic carbocycles. The molecule has 2 aromatic heterocycles. The van der Waals surface area contributed by atoms with Gasteiger partial charge in [-0.15, -0.1) is 21.5 Å². The summed E-state index contributed by atoms with van der Waals surface area (Å²) >= 11 is 18.1. The molecule has 0 aliphatic heterocycles. The van der Waals surface area contributed by atoms with Crippen molar-refractivity contribution in [1.82, 2.24) is 25.1 Å². The van der Waals surface area contributed by atoms with E-state index in [0.717, 1.165) is 10.2 Å². The van der Waals surface area contributed by atoms with Crippen molar-refractivity contribution in [2.75, 3.05) is 11.1 Å². The van der Waals surface area contributed by atoms with Gasteiger partial charge in [-0.25, -0.2) is 4.98 Å². The summed E-state index contributed by atoms with van der Waals surface area (Å²) in [5.74, 6) is -0.0130. The molecule has 13 heteroatoms. The number of rotatable bonds is 8. The number of halogens is 3. The first-order valence-corrected chi connectivity index (χ1v) is 13.1. The van der Waals surface area contributed by atoms with E-state index in [0.29, 0.717) is 26.2 Å². The van der Waals surface area contributed by atoms with Gasteiger partial charge in [0.25, 0.3) is 5.91 Å². The van der Waals surface area contributed by atoms with Crippen LogP contribution in [0.25, 0.3) is 5.69 Å². The average molecular weight is 598 g/mol. The molecule has 0 atom stereocenters. The van der Waals surface area contributed by atoms with Gasteiger partial charge in [0.2, 0.25) is 5.91 Å². The van der Waals surface area contributed by atoms with E-state index in [1.165, 1.54) is 29.2 Å². The molecule has 0 bridgehead atoms. The maximum atomic E-state index is 12.7. The smallest absolute Gasteiger partial charge is 0.253 e. The molecule has 0 unspecified atom stereocenters. The first-order chi connectivity index (χ1) is 16.4. The lowest BCUT2D eigenvalue weighted by atomic mass is 10.2. The third kappa shape index (κ3) is 6.16. The van der Waals surface area contributed by atoms with Gasteiger partial charge < -0.3 is 10.6 Å². The van der Waals surface area contributed by atoms with Gasteiger partial charge in [-0.3, -0.25) is 14.2 Å². The Labute approximate surface area is 221 Å². The Morgan fingerprint density at radius 2 is 1.91 bits per heavy atom. The number of nitrogens with zero attached hydrogens (tertiary/aromatic N) is 4. The normalized spacial score (nSPS) is 10.8. The van der Waals surface area contributed by atoms with Crippen LogP contribution in [0.3, 0.4) is 0 Å². The third-order valence-electron chi connectivity index (χ3n) is 4.38. The topological polar surface area (TPSA) is 102 Å². The standard InChI is InChI=1S/C21H15BrCl2N6O2S2/c22-12-1-4-14(5-2-12)30-17(10-26-19(32)15-9-13(23)3-6-16(15)24)28-29-21(30)34-11-18(31)27-20-25-7-8-33-20/h1-9H,10-11H2,(H,26,32)(H,25,27,31). The van der Waals surface area contributed by atoms with Crippen LogP contribution < -0.4 is 10.6 Å². The molecule has 4 rings (SSSR count). The van der Waals surface area contributed by atoms with Gasteiger partial charge in [0, 0.05) is 26.8 Å². The summed E-state index contributed by atoms with van der Waals surface area (Å²) in [5.41, 5.74) is 1.04. The summed E-state index contributed by atoms with van der Waals surface area (Å²) in [4.78, 5) is 29.0. The van der Waals surface area contributed by atoms with Crippen LogP contribution >= 0.6 is 62.2 Å². The Morgan fingerprint density at radius 3 is 2.65 bits per heavy atom. The Morgan fingerprint density at radius 1 is 1.12 bits per heavy atom. The van der Waals surface area contributed by atoms with Gasteiger partial charge in [-0.2, -0.15) is 0 Å². The second-order valence-electron chi connectivity index (χ2n) is 6.69. The highest BCUT2D eigenvalue weighted by molar-refractivity contribution is 9.10. The fourth-order valence-corrected chi connectivity index (χ4v) is 4.81. The SMILES string of the molecule is O=C(CSc1nnc(CNC(=O)c2cc(Cl)ccc2Cl)n1-c1ccc(Br)cc1)Nc1nccs1. The van der Waals surface area contributed by atoms with Crippen LogP contribution in [0.2, 0.25) is 10.0 Å². The number of carbonyl (C=O) groups is 2. The highest BCUT2D eigenvalue weighted by Gasteiger charge is 2.18. The first-order valence-electron chi connectivity index (χ1n) is 9.66. The average Bonchev–Trinajstić information content (AvgIpc) is 3.48. The van der Waals surface area contributed by atoms with Gasteiger partial charge in [-0.05, 0) is 42.5 Å². The Kier molecular flexibility index (Phi) is 8.22. The van der Waals surface area contributed by atoms with Crippen molar-refractivity contribution in [1.29, 1.82) is 0 Å². The Balaban J connectivity index is 1.52. The molecule has 0 saturated heterocycles. The molecule has 174 valence electrons. The number of benzene rings is 2. The number of carbonyl (C=O) groups excluding carboxylic acids is 2. The lowest BCUT2D eigenvalue weighted by Gasteiger charge is -2.11. The van der Waals surface area contributed by atoms with Gasteiger partial charge in [0.1, 0.15) is 0 Å². The third-order valence-corrected chi connectivity index (χ3v) is 7.09. The maximum absolute atomic E-state index is 12.7. The van der Waals surface area contributed by atoms with Crippen molar-refractivity contribution >= 4 is 79.2 Å². The lowest BCUT2D eigenvalue weighted by molar-refractivity contribution is -0.113. The molecule has 2 N–H and O–H groups in total. The summed E-state index contributed by atoms with van der Waals surface area (Å²) in [7, 11) is 0. The number of anilines is 1. The molecular formula is C21H15BrCl2N6O2S2. The van der Waals surface area contributed by atoms with Gasteiger partial charge in [-0.1, -0.05) is 50.9 Å². The summed E-state index contributed by atoms with van der Waals surface area (Å²) in [6.07, 6.45) is 1.62. The highest BCUT2D eigenvalue weighted by Crippen LogP contribution is 2.25. The molecule has 2 amide bonds. The van der Waals surface area contributed by atoms with E-state index in [-0.39, 0.29) is 23.8 Å². The van der Waals surface area contributed by atoms with Crippen LogP contribution in [-0.4, -0.2) is 37.3 Å². The summed E-state index contributed by atoms with van der Waals surface area (Å²) in [5, 5.41) is 17.5. The molecule has 4 aromatic rings. The number of nitrogens with one attached hydrogen (secondary N) is 2. The molecule has 0 spiro atoms. The van der Waals surface area contributed by atoms with E-state index < -0.39 is 5.91 Å². The fourth-order valence-electron chi connectivity index (χ4n) is 2.85. The molecule has 34 heavy (non-hydrogen) atoms. The number of thioether (sulfide) groups is 1. The molecule has 0 aliphatic rings. The minimum atomic E-state index is -0.394. The fraction of sp³-hybridized carbons (Fsp3) is 0.0952. The van der Waals surface area contributed by atoms with Gasteiger partial charge in [0.05, 0.1) is 22.9 Å². The van der Waals surface area contributed by atoms with Crippen LogP contribution in [0.1, 0.15) is 16.2 Å². The van der Waals surface area contributed by atoms with E-state index in [9.17, 15) is 9.59 Å². The van der Waals surface area contributed by atoms with Crippen LogP contribution in [-0.2, 0) is 11.3 Å². The van der Waals surface area contributed by atoms with Crippen molar-refractivity contribution in [2.24, 2.45) is 0 Å². The van der Waals surface area contributed by atoms with Crippen LogP contribution in [0.4, 0.5) is 5.13 Å². The second kappa shape index (κ2) is 11.3. The maximum Gasteiger partial charge on any atom is 0.253 e. The van der Waals surface area contributed by atoms with E-state index >= 15 is 0 Å². The predicted molar refractivity (Wildman–Crippen MR) is 138 cm³/mol. The summed E-state index contributed by atoms with van der Waals surface area (Å²) in [6, 6.07) is 12.2. The van der Waals surface area contributed by atoms with Gasteiger partial charge >= 0.3 is 0 Å². The summed E-state index contributed by atoms with van der Waals surface area (Å²) in [6.45, 7) is 0.0800. The zero-order valence-corrected chi connectivity index (χ0v) is 21.9. The largest absolute Gasteiger partial charge is 0.345 e. The van der Waals surface area contributed by atoms with E-state index in [2.05, 4.69) is 41.7 Å². The van der Waals surface area contributed by atoms with Crippen LogP contribution in [0.5, 0.6) is 0 Å². The number of hydrogen-bond donors (Lipinski definition) is 2. The predicted octanol–water partition coefficient (Wildman–Crippen LogP) is 5.45. The number of amides is 2. The van der Waals surface area contributed by atoms with Crippen molar-refractivity contribution in [3.8, 4) is 5.69 Å². The van der Waals surface area contributed by atoms with Crippen LogP contribution in [0, 0.1) is 0 Å². The van der Waals surface area contributed by atoms with Crippen molar-refractivity contribution < 1.29 is 9.59 Å². The molecule has 0 fully saturated rings. The molecule has 2 heterocycles. The molecule has 0 saturated carbocycles. The lowest BCUT2D eigenvalue weighted by Crippen LogP contribution is -2.25. The monoisotopic (exact) mass is 596 g/mol. The Bertz CT molecular complexity index is 1320. The quantitative estimate of drug-likeness (QED) is 0.262. The van der Waals surface area contributed by atoms with Crippen molar-refractivity contribution in [2.45, 2.75) is 11.7 Å². The summed E-state index contributed by atoms with van der Waals surface area (Å²) < 4.78 is 2.69. The highest BCUT2D eigenvalue weighted by atomic mass is 79.9. The zero-order valence-electron chi connectivity index (χ0n) is 17.2.